The molecule has 126 valence electrons. The molecule has 0 saturated heterocycles. The lowest BCUT2D eigenvalue weighted by Crippen LogP contribution is -2.25. The first kappa shape index (κ1) is 17.9. The van der Waals surface area contributed by atoms with Crippen molar-refractivity contribution in [3.8, 4) is 0 Å². The molecule has 0 saturated carbocycles. The van der Waals surface area contributed by atoms with Gasteiger partial charge in [-0.2, -0.15) is 0 Å². The molecule has 2 aromatic rings. The first-order valence-electron chi connectivity index (χ1n) is 6.86. The standard InChI is InChI=1S/C16H14BrFN2O4/c1-20-13(22)7-9(5-6-21)14(16(23)24-2)15(20)19-12-4-3-10(17)8-11(12)18/h3-4,6-8,19H,5H2,1-2H3. The van der Waals surface area contributed by atoms with Crippen molar-refractivity contribution < 1.29 is 18.7 Å². The third-order valence-electron chi connectivity index (χ3n) is 3.40. The average molecular weight is 397 g/mol. The topological polar surface area (TPSA) is 77.4 Å². The van der Waals surface area contributed by atoms with Crippen LogP contribution in [0.2, 0.25) is 0 Å². The summed E-state index contributed by atoms with van der Waals surface area (Å²) in [6.45, 7) is 0. The fourth-order valence-corrected chi connectivity index (χ4v) is 2.53. The Morgan fingerprint density at radius 1 is 1.42 bits per heavy atom. The lowest BCUT2D eigenvalue weighted by Gasteiger charge is -2.17. The van der Waals surface area contributed by atoms with Gasteiger partial charge < -0.3 is 14.8 Å². The number of methoxy groups -OCH3 is 1. The number of rotatable bonds is 5. The van der Waals surface area contributed by atoms with Crippen molar-refractivity contribution in [2.75, 3.05) is 12.4 Å². The molecular weight excluding hydrogens is 383 g/mol. The molecule has 0 unspecified atom stereocenters. The van der Waals surface area contributed by atoms with E-state index in [0.717, 1.165) is 4.57 Å². The van der Waals surface area contributed by atoms with E-state index in [9.17, 15) is 18.8 Å². The highest BCUT2D eigenvalue weighted by molar-refractivity contribution is 9.10. The van der Waals surface area contributed by atoms with Crippen molar-refractivity contribution in [1.29, 1.82) is 0 Å². The molecule has 0 atom stereocenters. The van der Waals surface area contributed by atoms with E-state index in [1.54, 1.807) is 6.07 Å². The Hall–Kier alpha value is -2.48. The van der Waals surface area contributed by atoms with Gasteiger partial charge in [0.25, 0.3) is 5.56 Å². The molecule has 8 heteroatoms. The number of pyridine rings is 1. The van der Waals surface area contributed by atoms with Crippen molar-refractivity contribution in [3.05, 3.63) is 56.0 Å². The van der Waals surface area contributed by atoms with E-state index in [2.05, 4.69) is 21.2 Å². The predicted molar refractivity (Wildman–Crippen MR) is 90.2 cm³/mol. The molecule has 0 aliphatic rings. The summed E-state index contributed by atoms with van der Waals surface area (Å²) >= 11 is 3.15. The minimum absolute atomic E-state index is 0.00835. The Labute approximate surface area is 145 Å². The van der Waals surface area contributed by atoms with Crippen LogP contribution in [0.25, 0.3) is 0 Å². The fraction of sp³-hybridized carbons (Fsp3) is 0.188. The summed E-state index contributed by atoms with van der Waals surface area (Å²) in [4.78, 5) is 35.1. The number of ether oxygens (including phenoxy) is 1. The fourth-order valence-electron chi connectivity index (χ4n) is 2.19. The van der Waals surface area contributed by atoms with Gasteiger partial charge in [0.05, 0.1) is 12.8 Å². The van der Waals surface area contributed by atoms with Crippen LogP contribution in [0, 0.1) is 5.82 Å². The molecule has 1 N–H and O–H groups in total. The quantitative estimate of drug-likeness (QED) is 0.620. The van der Waals surface area contributed by atoms with Crippen molar-refractivity contribution in [1.82, 2.24) is 4.57 Å². The van der Waals surface area contributed by atoms with Gasteiger partial charge in [-0.15, -0.1) is 0 Å². The monoisotopic (exact) mass is 396 g/mol. The van der Waals surface area contributed by atoms with Gasteiger partial charge in [-0.1, -0.05) is 15.9 Å². The van der Waals surface area contributed by atoms with Crippen molar-refractivity contribution in [2.45, 2.75) is 6.42 Å². The number of carbonyl (C=O) groups excluding carboxylic acids is 2. The van der Waals surface area contributed by atoms with Crippen LogP contribution < -0.4 is 10.9 Å². The number of aromatic nitrogens is 1. The van der Waals surface area contributed by atoms with Gasteiger partial charge >= 0.3 is 5.97 Å². The lowest BCUT2D eigenvalue weighted by atomic mass is 10.1. The number of hydrogen-bond donors (Lipinski definition) is 1. The number of hydrogen-bond acceptors (Lipinski definition) is 5. The second-order valence-corrected chi connectivity index (χ2v) is 5.82. The highest BCUT2D eigenvalue weighted by Crippen LogP contribution is 2.26. The zero-order valence-electron chi connectivity index (χ0n) is 12.9. The van der Waals surface area contributed by atoms with Gasteiger partial charge in [0.2, 0.25) is 0 Å². The van der Waals surface area contributed by atoms with E-state index in [-0.39, 0.29) is 29.1 Å². The van der Waals surface area contributed by atoms with Crippen LogP contribution in [0.15, 0.2) is 33.5 Å². The van der Waals surface area contributed by atoms with Crippen LogP contribution >= 0.6 is 15.9 Å². The van der Waals surface area contributed by atoms with Crippen molar-refractivity contribution in [3.63, 3.8) is 0 Å². The molecule has 1 aromatic heterocycles. The normalized spacial score (nSPS) is 10.3. The van der Waals surface area contributed by atoms with Crippen LogP contribution in [-0.2, 0) is 23.0 Å². The zero-order chi connectivity index (χ0) is 17.9. The maximum atomic E-state index is 14.1. The SMILES string of the molecule is COC(=O)c1c(CC=O)cc(=O)n(C)c1Nc1ccc(Br)cc1F. The maximum absolute atomic E-state index is 14.1. The Bertz CT molecular complexity index is 864. The Kier molecular flexibility index (Phi) is 5.50. The molecule has 2 rings (SSSR count). The van der Waals surface area contributed by atoms with Crippen LogP contribution in [-0.4, -0.2) is 23.9 Å². The highest BCUT2D eigenvalue weighted by Gasteiger charge is 2.22. The van der Waals surface area contributed by atoms with Crippen LogP contribution in [0.3, 0.4) is 0 Å². The molecule has 0 fully saturated rings. The van der Waals surface area contributed by atoms with Gasteiger partial charge in [0, 0.05) is 24.0 Å². The maximum Gasteiger partial charge on any atom is 0.341 e. The third-order valence-corrected chi connectivity index (χ3v) is 3.89. The molecule has 1 heterocycles. The Balaban J connectivity index is 2.68. The second kappa shape index (κ2) is 7.39. The van der Waals surface area contributed by atoms with Crippen LogP contribution in [0.4, 0.5) is 15.9 Å². The molecule has 0 aliphatic heterocycles. The molecule has 0 spiro atoms. The lowest BCUT2D eigenvalue weighted by molar-refractivity contribution is -0.107. The van der Waals surface area contributed by atoms with E-state index >= 15 is 0 Å². The minimum Gasteiger partial charge on any atom is -0.465 e. The molecule has 24 heavy (non-hydrogen) atoms. The summed E-state index contributed by atoms with van der Waals surface area (Å²) in [7, 11) is 2.61. The number of carbonyl (C=O) groups is 2. The van der Waals surface area contributed by atoms with Gasteiger partial charge in [-0.05, 0) is 23.8 Å². The molecule has 6 nitrogen and oxygen atoms in total. The van der Waals surface area contributed by atoms with E-state index in [1.165, 1.54) is 32.4 Å². The number of nitrogens with one attached hydrogen (secondary N) is 1. The molecule has 0 amide bonds. The number of nitrogens with zero attached hydrogens (tertiary/aromatic N) is 1. The second-order valence-electron chi connectivity index (χ2n) is 4.90. The summed E-state index contributed by atoms with van der Waals surface area (Å²) in [6, 6.07) is 5.49. The summed E-state index contributed by atoms with van der Waals surface area (Å²) in [5, 5.41) is 2.74. The van der Waals surface area contributed by atoms with Crippen molar-refractivity contribution >= 4 is 39.7 Å². The van der Waals surface area contributed by atoms with Crippen LogP contribution in [0.5, 0.6) is 0 Å². The molecule has 0 radical (unpaired) electrons. The number of esters is 1. The van der Waals surface area contributed by atoms with E-state index < -0.39 is 17.3 Å². The number of aldehydes is 1. The van der Waals surface area contributed by atoms with E-state index in [4.69, 9.17) is 4.74 Å². The summed E-state index contributed by atoms with van der Waals surface area (Å²) in [6.07, 6.45) is 0.434. The van der Waals surface area contributed by atoms with E-state index in [1.807, 2.05) is 0 Å². The highest BCUT2D eigenvalue weighted by atomic mass is 79.9. The molecule has 1 aromatic carbocycles. The van der Waals surface area contributed by atoms with E-state index in [0.29, 0.717) is 10.8 Å². The summed E-state index contributed by atoms with van der Waals surface area (Å²) in [5.74, 6) is -1.26. The number of benzene rings is 1. The number of anilines is 2. The summed E-state index contributed by atoms with van der Waals surface area (Å²) in [5.41, 5.74) is -0.157. The molecule has 0 aliphatic carbocycles. The Morgan fingerprint density at radius 2 is 2.12 bits per heavy atom. The molecular formula is C16H14BrFN2O4. The smallest absolute Gasteiger partial charge is 0.341 e. The van der Waals surface area contributed by atoms with Gasteiger partial charge in [0.15, 0.2) is 0 Å². The van der Waals surface area contributed by atoms with Crippen LogP contribution in [0.1, 0.15) is 15.9 Å². The van der Waals surface area contributed by atoms with Crippen molar-refractivity contribution in [2.24, 2.45) is 7.05 Å². The Morgan fingerprint density at radius 3 is 2.71 bits per heavy atom. The average Bonchev–Trinajstić information content (AvgIpc) is 2.54. The first-order chi connectivity index (χ1) is 11.4. The predicted octanol–water partition coefficient (Wildman–Crippen LogP) is 2.56. The van der Waals surface area contributed by atoms with Gasteiger partial charge in [0.1, 0.15) is 23.5 Å². The van der Waals surface area contributed by atoms with Gasteiger partial charge in [-0.25, -0.2) is 9.18 Å². The number of halogens is 2. The third kappa shape index (κ3) is 3.53. The van der Waals surface area contributed by atoms with Gasteiger partial charge in [-0.3, -0.25) is 9.36 Å². The minimum atomic E-state index is -0.734. The first-order valence-corrected chi connectivity index (χ1v) is 7.65. The summed E-state index contributed by atoms with van der Waals surface area (Å²) < 4.78 is 20.5. The molecule has 0 bridgehead atoms. The largest absolute Gasteiger partial charge is 0.465 e. The zero-order valence-corrected chi connectivity index (χ0v) is 14.5.